The Balaban J connectivity index is 1.35. The zero-order valence-corrected chi connectivity index (χ0v) is 24.1. The fourth-order valence-corrected chi connectivity index (χ4v) is 7.79. The lowest BCUT2D eigenvalue weighted by molar-refractivity contribution is -0.117. The quantitative estimate of drug-likeness (QED) is 0.356. The van der Waals surface area contributed by atoms with Crippen LogP contribution < -0.4 is 19.1 Å². The Morgan fingerprint density at radius 2 is 1.89 bits per heavy atom. The predicted octanol–water partition coefficient (Wildman–Crippen LogP) is 5.49. The van der Waals surface area contributed by atoms with E-state index in [1.54, 1.807) is 43.3 Å². The molecule has 1 aliphatic heterocycles. The number of halogens is 2. The van der Waals surface area contributed by atoms with Gasteiger partial charge in [0.2, 0.25) is 5.91 Å². The Hall–Kier alpha value is -2.76. The van der Waals surface area contributed by atoms with Crippen molar-refractivity contribution in [2.75, 3.05) is 23.3 Å². The van der Waals surface area contributed by atoms with Crippen molar-refractivity contribution in [1.29, 1.82) is 0 Å². The Labute approximate surface area is 235 Å². The van der Waals surface area contributed by atoms with Gasteiger partial charge in [-0.1, -0.05) is 23.7 Å². The minimum absolute atomic E-state index is 0.0196. The van der Waals surface area contributed by atoms with Gasteiger partial charge in [-0.3, -0.25) is 14.2 Å². The first kappa shape index (κ1) is 26.8. The largest absolute Gasteiger partial charge is 0.493 e. The van der Waals surface area contributed by atoms with Crippen molar-refractivity contribution in [2.24, 2.45) is 7.05 Å². The van der Waals surface area contributed by atoms with Crippen LogP contribution in [0.1, 0.15) is 43.6 Å². The van der Waals surface area contributed by atoms with Crippen molar-refractivity contribution in [3.8, 4) is 11.5 Å². The van der Waals surface area contributed by atoms with Gasteiger partial charge in [-0.2, -0.15) is 5.10 Å². The smallest absolute Gasteiger partial charge is 0.267 e. The van der Waals surface area contributed by atoms with E-state index in [2.05, 4.69) is 25.8 Å². The molecule has 1 atom stereocenters. The Kier molecular flexibility index (Phi) is 7.61. The van der Waals surface area contributed by atoms with E-state index >= 15 is 0 Å². The number of benzene rings is 2. The van der Waals surface area contributed by atoms with Crippen LogP contribution in [0.3, 0.4) is 0 Å². The van der Waals surface area contributed by atoms with E-state index < -0.39 is 10.0 Å². The molecule has 202 valence electrons. The van der Waals surface area contributed by atoms with Gasteiger partial charge in [0, 0.05) is 31.6 Å². The van der Waals surface area contributed by atoms with Crippen molar-refractivity contribution in [3.05, 3.63) is 57.8 Å². The van der Waals surface area contributed by atoms with Gasteiger partial charge in [0.25, 0.3) is 10.0 Å². The van der Waals surface area contributed by atoms with Gasteiger partial charge in [-0.15, -0.1) is 0 Å². The maximum absolute atomic E-state index is 13.1. The molecule has 38 heavy (non-hydrogen) atoms. The lowest BCUT2D eigenvalue weighted by Gasteiger charge is -2.20. The minimum Gasteiger partial charge on any atom is -0.493 e. The van der Waals surface area contributed by atoms with E-state index in [1.165, 1.54) is 17.5 Å². The van der Waals surface area contributed by atoms with Gasteiger partial charge < -0.3 is 14.4 Å². The number of nitrogens with one attached hydrogen (secondary N) is 1. The summed E-state index contributed by atoms with van der Waals surface area (Å²) < 4.78 is 41.7. The van der Waals surface area contributed by atoms with Crippen LogP contribution in [0, 0.1) is 0 Å². The van der Waals surface area contributed by atoms with Gasteiger partial charge in [0.05, 0.1) is 18.9 Å². The average molecular weight is 624 g/mol. The Morgan fingerprint density at radius 3 is 2.58 bits per heavy atom. The number of anilines is 2. The molecule has 12 heteroatoms. The number of sulfonamides is 1. The van der Waals surface area contributed by atoms with E-state index in [9.17, 15) is 13.2 Å². The summed E-state index contributed by atoms with van der Waals surface area (Å²) >= 11 is 9.31. The van der Waals surface area contributed by atoms with Crippen molar-refractivity contribution in [1.82, 2.24) is 9.78 Å². The summed E-state index contributed by atoms with van der Waals surface area (Å²) in [5.41, 5.74) is 1.91. The molecule has 1 saturated carbocycles. The number of nitrogens with zero attached hydrogens (tertiary/aromatic N) is 3. The number of carbonyl (C=O) groups is 1. The topological polar surface area (TPSA) is 103 Å². The number of methoxy groups -OCH3 is 1. The van der Waals surface area contributed by atoms with Crippen LogP contribution in [0.2, 0.25) is 5.15 Å². The maximum Gasteiger partial charge on any atom is 0.267 e. The zero-order chi connectivity index (χ0) is 27.0. The lowest BCUT2D eigenvalue weighted by Crippen LogP contribution is -2.24. The lowest BCUT2D eigenvalue weighted by atomic mass is 9.98. The first-order valence-corrected chi connectivity index (χ1v) is 15.0. The summed E-state index contributed by atoms with van der Waals surface area (Å²) in [7, 11) is -0.849. The zero-order valence-electron chi connectivity index (χ0n) is 21.0. The molecular formula is C26H28BrClN4O5S. The molecule has 0 bridgehead atoms. The van der Waals surface area contributed by atoms with E-state index in [1.807, 2.05) is 18.2 Å². The number of hydrogen-bond acceptors (Lipinski definition) is 6. The van der Waals surface area contributed by atoms with Crippen LogP contribution in [0.5, 0.6) is 11.5 Å². The third-order valence-corrected chi connectivity index (χ3v) is 9.75. The molecule has 2 aromatic carbocycles. The number of aromatic nitrogens is 2. The summed E-state index contributed by atoms with van der Waals surface area (Å²) in [6, 6.07) is 12.6. The molecule has 1 N–H and O–H groups in total. The SMILES string of the molecule is COc1ccc([C@H]2CC(=O)N(c3cccc(NS(=O)(=O)c4c(Br)nn(C)c4Cl)c3)C2)cc1OC1CCCC1. The van der Waals surface area contributed by atoms with Crippen LogP contribution in [-0.2, 0) is 21.9 Å². The molecule has 0 unspecified atom stereocenters. The average Bonchev–Trinajstić information content (AvgIpc) is 3.59. The Bertz CT molecular complexity index is 1470. The number of hydrogen-bond donors (Lipinski definition) is 1. The molecule has 2 heterocycles. The number of ether oxygens (including phenoxy) is 2. The molecule has 0 spiro atoms. The van der Waals surface area contributed by atoms with Crippen molar-refractivity contribution < 1.29 is 22.7 Å². The normalized spacial score (nSPS) is 18.3. The molecule has 1 aromatic heterocycles. The molecule has 9 nitrogen and oxygen atoms in total. The van der Waals surface area contributed by atoms with Gasteiger partial charge in [0.15, 0.2) is 16.4 Å². The van der Waals surface area contributed by atoms with E-state index in [0.717, 1.165) is 18.4 Å². The van der Waals surface area contributed by atoms with Crippen LogP contribution in [0.15, 0.2) is 52.0 Å². The molecule has 2 fully saturated rings. The highest BCUT2D eigenvalue weighted by molar-refractivity contribution is 9.10. The first-order valence-electron chi connectivity index (χ1n) is 12.3. The predicted molar refractivity (Wildman–Crippen MR) is 149 cm³/mol. The third-order valence-electron chi connectivity index (χ3n) is 6.96. The highest BCUT2D eigenvalue weighted by Gasteiger charge is 2.33. The molecule has 1 amide bonds. The molecule has 2 aliphatic rings. The summed E-state index contributed by atoms with van der Waals surface area (Å²) in [6.45, 7) is 0.463. The van der Waals surface area contributed by atoms with Crippen LogP contribution >= 0.6 is 27.5 Å². The van der Waals surface area contributed by atoms with Crippen molar-refractivity contribution in [2.45, 2.75) is 49.0 Å². The molecule has 1 aliphatic carbocycles. The van der Waals surface area contributed by atoms with Gasteiger partial charge in [-0.25, -0.2) is 8.42 Å². The molecule has 0 radical (unpaired) electrons. The Morgan fingerprint density at radius 1 is 1.13 bits per heavy atom. The first-order chi connectivity index (χ1) is 18.2. The number of carbonyl (C=O) groups excluding carboxylic acids is 1. The monoisotopic (exact) mass is 622 g/mol. The number of aryl methyl sites for hydroxylation is 1. The second kappa shape index (κ2) is 10.8. The second-order valence-electron chi connectivity index (χ2n) is 9.53. The van der Waals surface area contributed by atoms with Crippen molar-refractivity contribution in [3.63, 3.8) is 0 Å². The maximum atomic E-state index is 13.1. The highest BCUT2D eigenvalue weighted by Crippen LogP contribution is 2.39. The summed E-state index contributed by atoms with van der Waals surface area (Å²) in [5.74, 6) is 1.31. The molecule has 1 saturated heterocycles. The number of rotatable bonds is 8. The molecule has 3 aromatic rings. The van der Waals surface area contributed by atoms with Crippen LogP contribution in [-0.4, -0.2) is 43.9 Å². The van der Waals surface area contributed by atoms with E-state index in [-0.39, 0.29) is 32.6 Å². The molecular weight excluding hydrogens is 596 g/mol. The standard InChI is InChI=1S/C26H28BrClN4O5S/c1-31-26(28)24(25(27)29-31)38(34,35)30-18-6-5-7-19(14-18)32-15-17(13-23(32)33)16-10-11-21(36-2)22(12-16)37-20-8-3-4-9-20/h5-7,10-12,14,17,20,30H,3-4,8-9,13,15H2,1-2H3/t17-/m0/s1. The van der Waals surface area contributed by atoms with E-state index in [4.69, 9.17) is 21.1 Å². The van der Waals surface area contributed by atoms with Crippen molar-refractivity contribution >= 4 is 54.8 Å². The summed E-state index contributed by atoms with van der Waals surface area (Å²) in [6.07, 6.45) is 4.93. The summed E-state index contributed by atoms with van der Waals surface area (Å²) in [5, 5.41) is 3.98. The van der Waals surface area contributed by atoms with Gasteiger partial charge in [-0.05, 0) is 77.5 Å². The van der Waals surface area contributed by atoms with Crippen LogP contribution in [0.25, 0.3) is 0 Å². The summed E-state index contributed by atoms with van der Waals surface area (Å²) in [4.78, 5) is 14.6. The minimum atomic E-state index is -4.02. The van der Waals surface area contributed by atoms with Gasteiger partial charge in [0.1, 0.15) is 9.76 Å². The second-order valence-corrected chi connectivity index (χ2v) is 12.3. The molecule has 5 rings (SSSR count). The van der Waals surface area contributed by atoms with Gasteiger partial charge >= 0.3 is 0 Å². The van der Waals surface area contributed by atoms with E-state index in [0.29, 0.717) is 35.8 Å². The van der Waals surface area contributed by atoms with Crippen LogP contribution in [0.4, 0.5) is 11.4 Å². The third kappa shape index (κ3) is 5.37. The fourth-order valence-electron chi connectivity index (χ4n) is 5.02. The highest BCUT2D eigenvalue weighted by atomic mass is 79.9. The number of amides is 1. The fraction of sp³-hybridized carbons (Fsp3) is 0.385.